The van der Waals surface area contributed by atoms with Gasteiger partial charge in [-0.3, -0.25) is 9.69 Å². The van der Waals surface area contributed by atoms with Crippen LogP contribution in [0, 0.1) is 5.92 Å². The summed E-state index contributed by atoms with van der Waals surface area (Å²) in [7, 11) is 1.93. The van der Waals surface area contributed by atoms with Gasteiger partial charge in [-0.2, -0.15) is 0 Å². The zero-order valence-electron chi connectivity index (χ0n) is 14.0. The largest absolute Gasteiger partial charge is 0.494 e. The number of hydrogen-bond acceptors (Lipinski definition) is 4. The summed E-state index contributed by atoms with van der Waals surface area (Å²) in [6.45, 7) is 5.09. The maximum atomic E-state index is 12.3. The Morgan fingerprint density at radius 1 is 1.30 bits per heavy atom. The smallest absolute Gasteiger partial charge is 0.227 e. The Bertz CT molecular complexity index is 575. The van der Waals surface area contributed by atoms with E-state index in [9.17, 15) is 9.90 Å². The number of piperidine rings is 1. The highest BCUT2D eigenvalue weighted by atomic mass is 16.5. The van der Waals surface area contributed by atoms with Gasteiger partial charge < -0.3 is 14.7 Å². The molecule has 3 aliphatic heterocycles. The predicted octanol–water partition coefficient (Wildman–Crippen LogP) is 1.63. The van der Waals surface area contributed by atoms with Gasteiger partial charge in [-0.25, -0.2) is 0 Å². The van der Waals surface area contributed by atoms with Crippen LogP contribution in [-0.2, 0) is 17.9 Å². The molecule has 0 aromatic heterocycles. The lowest BCUT2D eigenvalue weighted by Gasteiger charge is -2.32. The number of nitrogens with zero attached hydrogens (tertiary/aromatic N) is 2. The van der Waals surface area contributed by atoms with Crippen molar-refractivity contribution in [2.24, 2.45) is 5.92 Å². The van der Waals surface area contributed by atoms with Gasteiger partial charge >= 0.3 is 0 Å². The van der Waals surface area contributed by atoms with Gasteiger partial charge in [0.1, 0.15) is 5.75 Å². The number of aliphatic hydroxyl groups is 1. The summed E-state index contributed by atoms with van der Waals surface area (Å²) < 4.78 is 5.54. The lowest BCUT2D eigenvalue weighted by Crippen LogP contribution is -2.45. The molecule has 1 aromatic rings. The molecule has 3 saturated heterocycles. The molecule has 5 heteroatoms. The number of ether oxygens (including phenoxy) is 1. The molecule has 5 nitrogen and oxygen atoms in total. The Morgan fingerprint density at radius 2 is 2.13 bits per heavy atom. The SMILES string of the molecule is CCOc1ccc(CN2C[C@H]3CC[C@@H](C2)N(C)C3=O)cc1CO. The van der Waals surface area contributed by atoms with Crippen molar-refractivity contribution in [2.75, 3.05) is 26.7 Å². The van der Waals surface area contributed by atoms with E-state index in [0.717, 1.165) is 49.4 Å². The second kappa shape index (κ2) is 6.89. The van der Waals surface area contributed by atoms with Gasteiger partial charge in [-0.1, -0.05) is 6.07 Å². The molecule has 3 fully saturated rings. The lowest BCUT2D eigenvalue weighted by atomic mass is 9.95. The average molecular weight is 318 g/mol. The fraction of sp³-hybridized carbons (Fsp3) is 0.611. The number of carbonyl (C=O) groups excluding carboxylic acids is 1. The number of aliphatic hydroxyl groups excluding tert-OH is 1. The van der Waals surface area contributed by atoms with E-state index in [1.165, 1.54) is 0 Å². The highest BCUT2D eigenvalue weighted by molar-refractivity contribution is 5.80. The van der Waals surface area contributed by atoms with Crippen LogP contribution in [0.15, 0.2) is 18.2 Å². The summed E-state index contributed by atoms with van der Waals surface area (Å²) in [6.07, 6.45) is 2.12. The third kappa shape index (κ3) is 3.35. The molecule has 1 aromatic carbocycles. The van der Waals surface area contributed by atoms with Crippen LogP contribution in [0.2, 0.25) is 0 Å². The van der Waals surface area contributed by atoms with Crippen molar-refractivity contribution < 1.29 is 14.6 Å². The summed E-state index contributed by atoms with van der Waals surface area (Å²) in [4.78, 5) is 16.6. The quantitative estimate of drug-likeness (QED) is 0.896. The van der Waals surface area contributed by atoms with Crippen molar-refractivity contribution in [1.82, 2.24) is 9.80 Å². The van der Waals surface area contributed by atoms with Crippen LogP contribution in [0.1, 0.15) is 30.9 Å². The number of carbonyl (C=O) groups is 1. The van der Waals surface area contributed by atoms with Crippen molar-refractivity contribution in [2.45, 2.75) is 39.0 Å². The van der Waals surface area contributed by atoms with E-state index in [-0.39, 0.29) is 12.5 Å². The van der Waals surface area contributed by atoms with Crippen LogP contribution < -0.4 is 4.74 Å². The maximum Gasteiger partial charge on any atom is 0.227 e. The summed E-state index contributed by atoms with van der Waals surface area (Å²) in [5.41, 5.74) is 1.99. The van der Waals surface area contributed by atoms with Crippen molar-refractivity contribution in [3.05, 3.63) is 29.3 Å². The van der Waals surface area contributed by atoms with Crippen LogP contribution in [0.25, 0.3) is 0 Å². The molecule has 0 spiro atoms. The van der Waals surface area contributed by atoms with Crippen LogP contribution in [-0.4, -0.2) is 53.6 Å². The summed E-state index contributed by atoms with van der Waals surface area (Å²) >= 11 is 0. The van der Waals surface area contributed by atoms with Gasteiger partial charge in [0.15, 0.2) is 0 Å². The van der Waals surface area contributed by atoms with Crippen molar-refractivity contribution in [3.63, 3.8) is 0 Å². The minimum absolute atomic E-state index is 0.0182. The van der Waals surface area contributed by atoms with E-state index >= 15 is 0 Å². The molecule has 0 saturated carbocycles. The number of amides is 1. The first-order valence-corrected chi connectivity index (χ1v) is 8.46. The van der Waals surface area contributed by atoms with Crippen molar-refractivity contribution in [1.29, 1.82) is 0 Å². The Balaban J connectivity index is 1.73. The lowest BCUT2D eigenvalue weighted by molar-refractivity contribution is -0.138. The first-order valence-electron chi connectivity index (χ1n) is 8.46. The van der Waals surface area contributed by atoms with Gasteiger partial charge in [0.25, 0.3) is 0 Å². The number of rotatable bonds is 5. The molecule has 0 unspecified atom stereocenters. The third-order valence-corrected chi connectivity index (χ3v) is 5.04. The monoisotopic (exact) mass is 318 g/mol. The molecule has 4 rings (SSSR count). The highest BCUT2D eigenvalue weighted by Crippen LogP contribution is 2.29. The molecule has 2 bridgehead atoms. The molecule has 23 heavy (non-hydrogen) atoms. The van der Waals surface area contributed by atoms with Crippen molar-refractivity contribution in [3.8, 4) is 5.75 Å². The van der Waals surface area contributed by atoms with Crippen molar-refractivity contribution >= 4 is 5.91 Å². The summed E-state index contributed by atoms with van der Waals surface area (Å²) in [5.74, 6) is 1.19. The van der Waals surface area contributed by atoms with Gasteiger partial charge in [0, 0.05) is 38.3 Å². The van der Waals surface area contributed by atoms with E-state index in [4.69, 9.17) is 4.74 Å². The molecule has 126 valence electrons. The zero-order valence-corrected chi connectivity index (χ0v) is 14.0. The third-order valence-electron chi connectivity index (χ3n) is 5.04. The summed E-state index contributed by atoms with van der Waals surface area (Å²) in [6, 6.07) is 6.35. The Kier molecular flexibility index (Phi) is 4.87. The fourth-order valence-electron chi connectivity index (χ4n) is 3.78. The molecular formula is C18H26N2O3. The minimum Gasteiger partial charge on any atom is -0.494 e. The number of benzene rings is 1. The number of hydrogen-bond donors (Lipinski definition) is 1. The summed E-state index contributed by atoms with van der Waals surface area (Å²) in [5, 5.41) is 9.54. The average Bonchev–Trinajstić information content (AvgIpc) is 2.82. The van der Waals surface area contributed by atoms with Gasteiger partial charge in [0.2, 0.25) is 5.91 Å². The molecule has 3 aliphatic rings. The van der Waals surface area contributed by atoms with Crippen LogP contribution >= 0.6 is 0 Å². The molecule has 3 heterocycles. The standard InChI is InChI=1S/C18H26N2O3/c1-3-23-17-7-4-13(8-15(17)12-21)9-20-10-14-5-6-16(11-20)19(2)18(14)22/h4,7-8,14,16,21H,3,5-6,9-12H2,1-2H3/t14-,16+/m1/s1. The molecular weight excluding hydrogens is 292 g/mol. The molecule has 2 atom stereocenters. The first kappa shape index (κ1) is 16.3. The fourth-order valence-corrected chi connectivity index (χ4v) is 3.78. The topological polar surface area (TPSA) is 53.0 Å². The molecule has 1 amide bonds. The highest BCUT2D eigenvalue weighted by Gasteiger charge is 2.38. The Hall–Kier alpha value is -1.59. The van der Waals surface area contributed by atoms with E-state index < -0.39 is 0 Å². The number of likely N-dealkylation sites (N-methyl/N-ethyl adjacent to an activating group) is 1. The molecule has 0 radical (unpaired) electrons. The van der Waals surface area contributed by atoms with E-state index in [0.29, 0.717) is 18.6 Å². The number of fused-ring (bicyclic) bond motifs is 4. The second-order valence-corrected chi connectivity index (χ2v) is 6.60. The molecule has 0 aliphatic carbocycles. The van der Waals surface area contributed by atoms with E-state index in [1.807, 2.05) is 31.0 Å². The van der Waals surface area contributed by atoms with E-state index in [2.05, 4.69) is 11.0 Å². The maximum absolute atomic E-state index is 12.3. The normalized spacial score (nSPS) is 24.8. The van der Waals surface area contributed by atoms with Gasteiger partial charge in [0.05, 0.1) is 19.1 Å². The Morgan fingerprint density at radius 3 is 2.87 bits per heavy atom. The Labute approximate surface area is 137 Å². The van der Waals surface area contributed by atoms with E-state index in [1.54, 1.807) is 0 Å². The minimum atomic E-state index is -0.0182. The first-order chi connectivity index (χ1) is 11.1. The predicted molar refractivity (Wildman–Crippen MR) is 88.1 cm³/mol. The zero-order chi connectivity index (χ0) is 16.4. The second-order valence-electron chi connectivity index (χ2n) is 6.60. The van der Waals surface area contributed by atoms with Crippen LogP contribution in [0.5, 0.6) is 5.75 Å². The van der Waals surface area contributed by atoms with Crippen LogP contribution in [0.4, 0.5) is 0 Å². The van der Waals surface area contributed by atoms with Gasteiger partial charge in [-0.15, -0.1) is 0 Å². The van der Waals surface area contributed by atoms with Gasteiger partial charge in [-0.05, 0) is 37.5 Å². The molecule has 1 N–H and O–H groups in total. The van der Waals surface area contributed by atoms with Crippen LogP contribution in [0.3, 0.4) is 0 Å².